The highest BCUT2D eigenvalue weighted by atomic mass is 19.1. The van der Waals surface area contributed by atoms with Crippen molar-refractivity contribution in [1.29, 1.82) is 0 Å². The average molecular weight is 420 g/mol. The van der Waals surface area contributed by atoms with Gasteiger partial charge in [0.25, 0.3) is 5.91 Å². The Morgan fingerprint density at radius 2 is 1.48 bits per heavy atom. The summed E-state index contributed by atoms with van der Waals surface area (Å²) in [4.78, 5) is 36.2. The van der Waals surface area contributed by atoms with E-state index in [4.69, 9.17) is 0 Å². The Kier molecular flexibility index (Phi) is 6.95. The van der Waals surface area contributed by atoms with Crippen LogP contribution in [0.5, 0.6) is 0 Å². The minimum atomic E-state index is -0.432. The maximum Gasteiger partial charge on any atom is 0.257 e. The minimum Gasteiger partial charge on any atom is -0.376 e. The van der Waals surface area contributed by atoms with Crippen LogP contribution < -0.4 is 21.3 Å². The molecule has 0 aromatic heterocycles. The van der Waals surface area contributed by atoms with Gasteiger partial charge in [0.1, 0.15) is 5.82 Å². The standard InChI is InChI=1S/C23H21FN4O3/c1-15(29)26-19-6-4-5-18(13-19)25-14-22(30)28-21-8-3-2-7-20(21)23(31)27-17-11-9-16(24)10-12-17/h2-13,25H,14H2,1H3,(H,26,29)(H,27,31)(H,28,30). The molecule has 3 rings (SSSR count). The lowest BCUT2D eigenvalue weighted by molar-refractivity contribution is -0.115. The molecule has 4 N–H and O–H groups in total. The summed E-state index contributed by atoms with van der Waals surface area (Å²) in [6, 6.07) is 18.9. The molecular formula is C23H21FN4O3. The van der Waals surface area contributed by atoms with E-state index < -0.39 is 11.7 Å². The van der Waals surface area contributed by atoms with Crippen LogP contribution in [0.4, 0.5) is 27.1 Å². The summed E-state index contributed by atoms with van der Waals surface area (Å²) in [6.45, 7) is 1.37. The first-order valence-electron chi connectivity index (χ1n) is 9.48. The van der Waals surface area contributed by atoms with Crippen molar-refractivity contribution < 1.29 is 18.8 Å². The molecule has 0 aliphatic carbocycles. The van der Waals surface area contributed by atoms with Gasteiger partial charge in [-0.1, -0.05) is 18.2 Å². The lowest BCUT2D eigenvalue weighted by atomic mass is 10.1. The van der Waals surface area contributed by atoms with Crippen LogP contribution in [0.25, 0.3) is 0 Å². The molecule has 3 aromatic rings. The first-order valence-corrected chi connectivity index (χ1v) is 9.48. The monoisotopic (exact) mass is 420 g/mol. The van der Waals surface area contributed by atoms with E-state index in [2.05, 4.69) is 21.3 Å². The highest BCUT2D eigenvalue weighted by molar-refractivity contribution is 6.10. The summed E-state index contributed by atoms with van der Waals surface area (Å²) in [7, 11) is 0. The van der Waals surface area contributed by atoms with Crippen LogP contribution in [-0.2, 0) is 9.59 Å². The van der Waals surface area contributed by atoms with Crippen molar-refractivity contribution in [3.63, 3.8) is 0 Å². The smallest absolute Gasteiger partial charge is 0.257 e. The normalized spacial score (nSPS) is 10.1. The Balaban J connectivity index is 1.62. The van der Waals surface area contributed by atoms with Gasteiger partial charge < -0.3 is 21.3 Å². The summed E-state index contributed by atoms with van der Waals surface area (Å²) < 4.78 is 13.0. The van der Waals surface area contributed by atoms with Gasteiger partial charge in [0.15, 0.2) is 0 Å². The molecule has 0 unspecified atom stereocenters. The van der Waals surface area contributed by atoms with Crippen molar-refractivity contribution in [2.24, 2.45) is 0 Å². The van der Waals surface area contributed by atoms with Crippen LogP contribution in [0.1, 0.15) is 17.3 Å². The molecule has 0 heterocycles. The molecule has 0 saturated heterocycles. The Hall–Kier alpha value is -4.20. The molecule has 158 valence electrons. The van der Waals surface area contributed by atoms with Crippen LogP contribution in [-0.4, -0.2) is 24.3 Å². The van der Waals surface area contributed by atoms with Crippen LogP contribution in [0, 0.1) is 5.82 Å². The van der Waals surface area contributed by atoms with Crippen molar-refractivity contribution in [2.45, 2.75) is 6.92 Å². The van der Waals surface area contributed by atoms with Crippen LogP contribution in [0.2, 0.25) is 0 Å². The van der Waals surface area contributed by atoms with Crippen molar-refractivity contribution >= 4 is 40.5 Å². The fourth-order valence-corrected chi connectivity index (χ4v) is 2.81. The Bertz CT molecular complexity index is 1100. The molecule has 0 aliphatic rings. The third-order valence-electron chi connectivity index (χ3n) is 4.18. The first-order chi connectivity index (χ1) is 14.9. The van der Waals surface area contributed by atoms with Gasteiger partial charge in [-0.25, -0.2) is 4.39 Å². The average Bonchev–Trinajstić information content (AvgIpc) is 2.74. The number of hydrogen-bond donors (Lipinski definition) is 4. The number of benzene rings is 3. The van der Waals surface area contributed by atoms with Crippen LogP contribution in [0.15, 0.2) is 72.8 Å². The number of nitrogens with one attached hydrogen (secondary N) is 4. The summed E-state index contributed by atoms with van der Waals surface area (Å²) in [5.41, 5.74) is 2.33. The van der Waals surface area contributed by atoms with Gasteiger partial charge in [-0.3, -0.25) is 14.4 Å². The SMILES string of the molecule is CC(=O)Nc1cccc(NCC(=O)Nc2ccccc2C(=O)Nc2ccc(F)cc2)c1. The van der Waals surface area contributed by atoms with Crippen molar-refractivity contribution in [1.82, 2.24) is 0 Å². The Morgan fingerprint density at radius 3 is 2.23 bits per heavy atom. The molecule has 0 fully saturated rings. The molecule has 0 saturated carbocycles. The van der Waals surface area contributed by atoms with Gasteiger partial charge in [-0.2, -0.15) is 0 Å². The maximum atomic E-state index is 13.0. The fourth-order valence-electron chi connectivity index (χ4n) is 2.81. The second kappa shape index (κ2) is 10.0. The number of para-hydroxylation sites is 1. The van der Waals surface area contributed by atoms with Gasteiger partial charge in [0.2, 0.25) is 11.8 Å². The molecule has 8 heteroatoms. The maximum absolute atomic E-state index is 13.0. The molecule has 0 atom stereocenters. The topological polar surface area (TPSA) is 99.3 Å². The molecule has 3 amide bonds. The van der Waals surface area contributed by atoms with Gasteiger partial charge in [0, 0.05) is 24.0 Å². The lowest BCUT2D eigenvalue weighted by Gasteiger charge is -2.13. The van der Waals surface area contributed by atoms with E-state index in [9.17, 15) is 18.8 Å². The molecule has 0 radical (unpaired) electrons. The van der Waals surface area contributed by atoms with E-state index in [1.807, 2.05) is 0 Å². The second-order valence-electron chi connectivity index (χ2n) is 6.67. The predicted molar refractivity (Wildman–Crippen MR) is 119 cm³/mol. The summed E-state index contributed by atoms with van der Waals surface area (Å²) in [5.74, 6) is -1.38. The van der Waals surface area contributed by atoms with Crippen LogP contribution in [0.3, 0.4) is 0 Å². The number of halogens is 1. The number of hydrogen-bond acceptors (Lipinski definition) is 4. The summed E-state index contributed by atoms with van der Waals surface area (Å²) >= 11 is 0. The van der Waals surface area contributed by atoms with Crippen molar-refractivity contribution in [3.8, 4) is 0 Å². The molecule has 0 spiro atoms. The fraction of sp³-hybridized carbons (Fsp3) is 0.0870. The van der Waals surface area contributed by atoms with E-state index >= 15 is 0 Å². The highest BCUT2D eigenvalue weighted by Gasteiger charge is 2.13. The third kappa shape index (κ3) is 6.40. The van der Waals surface area contributed by atoms with E-state index in [1.165, 1.54) is 31.2 Å². The van der Waals surface area contributed by atoms with Crippen molar-refractivity contribution in [3.05, 3.63) is 84.2 Å². The molecule has 3 aromatic carbocycles. The quantitative estimate of drug-likeness (QED) is 0.463. The van der Waals surface area contributed by atoms with Gasteiger partial charge in [-0.05, 0) is 54.6 Å². The van der Waals surface area contributed by atoms with Crippen molar-refractivity contribution in [2.75, 3.05) is 27.8 Å². The highest BCUT2D eigenvalue weighted by Crippen LogP contribution is 2.18. The number of amides is 3. The molecule has 31 heavy (non-hydrogen) atoms. The number of anilines is 4. The number of carbonyl (C=O) groups is 3. The minimum absolute atomic E-state index is 0.0442. The first kappa shape index (κ1) is 21.5. The van der Waals surface area contributed by atoms with Gasteiger partial charge in [0.05, 0.1) is 17.8 Å². The van der Waals surface area contributed by atoms with E-state index in [1.54, 1.807) is 48.5 Å². The zero-order valence-electron chi connectivity index (χ0n) is 16.7. The third-order valence-corrected chi connectivity index (χ3v) is 4.18. The summed E-state index contributed by atoms with van der Waals surface area (Å²) in [5, 5.41) is 11.0. The number of rotatable bonds is 7. The van der Waals surface area contributed by atoms with E-state index in [0.717, 1.165) is 0 Å². The molecule has 0 bridgehead atoms. The van der Waals surface area contributed by atoms with E-state index in [-0.39, 0.29) is 23.9 Å². The zero-order valence-corrected chi connectivity index (χ0v) is 16.7. The predicted octanol–water partition coefficient (Wildman–Crippen LogP) is 4.09. The van der Waals surface area contributed by atoms with Crippen LogP contribution >= 0.6 is 0 Å². The molecular weight excluding hydrogens is 399 g/mol. The summed E-state index contributed by atoms with van der Waals surface area (Å²) in [6.07, 6.45) is 0. The van der Waals surface area contributed by atoms with Gasteiger partial charge in [-0.15, -0.1) is 0 Å². The second-order valence-corrected chi connectivity index (χ2v) is 6.67. The largest absolute Gasteiger partial charge is 0.376 e. The Labute approximate surface area is 178 Å². The molecule has 7 nitrogen and oxygen atoms in total. The Morgan fingerprint density at radius 1 is 0.774 bits per heavy atom. The molecule has 0 aliphatic heterocycles. The van der Waals surface area contributed by atoms with Gasteiger partial charge >= 0.3 is 0 Å². The lowest BCUT2D eigenvalue weighted by Crippen LogP contribution is -2.24. The zero-order chi connectivity index (χ0) is 22.2. The van der Waals surface area contributed by atoms with E-state index in [0.29, 0.717) is 22.7 Å². The number of carbonyl (C=O) groups excluding carboxylic acids is 3.